The monoisotopic (exact) mass is 348 g/mol. The Bertz CT molecular complexity index is 963. The van der Waals surface area contributed by atoms with Gasteiger partial charge in [0.05, 0.1) is 17.3 Å². The normalized spacial score (nSPS) is 13.0. The van der Waals surface area contributed by atoms with Crippen LogP contribution in [-0.2, 0) is 11.2 Å². The lowest BCUT2D eigenvalue weighted by molar-refractivity contribution is -0.118. The Hall–Kier alpha value is -3.15. The first-order valence-electron chi connectivity index (χ1n) is 8.83. The van der Waals surface area contributed by atoms with Gasteiger partial charge in [-0.2, -0.15) is 5.10 Å². The van der Waals surface area contributed by atoms with E-state index in [1.807, 2.05) is 41.3 Å². The summed E-state index contributed by atoms with van der Waals surface area (Å²) in [6.07, 6.45) is 5.31. The highest BCUT2D eigenvalue weighted by Crippen LogP contribution is 2.27. The molecular formula is C20H20N4O2. The summed E-state index contributed by atoms with van der Waals surface area (Å²) in [6, 6.07) is 13.6. The molecule has 1 aliphatic heterocycles. The standard InChI is InChI=1S/C20H20N4O2/c25-19(23-13-10-15-6-1-2-7-17(15)23)9-5-11-21-20(26)16-14-22-24-12-4-3-8-18(16)24/h1-4,6-8,12,14H,5,9-11,13H2,(H,21,26). The fourth-order valence-electron chi connectivity index (χ4n) is 3.38. The number of nitrogens with one attached hydrogen (secondary N) is 1. The molecule has 0 bridgehead atoms. The van der Waals surface area contributed by atoms with Crippen molar-refractivity contribution >= 4 is 23.0 Å². The van der Waals surface area contributed by atoms with Crippen molar-refractivity contribution in [1.82, 2.24) is 14.9 Å². The fourth-order valence-corrected chi connectivity index (χ4v) is 3.38. The molecule has 4 rings (SSSR count). The van der Waals surface area contributed by atoms with E-state index in [2.05, 4.69) is 16.5 Å². The largest absolute Gasteiger partial charge is 0.352 e. The number of carbonyl (C=O) groups is 2. The van der Waals surface area contributed by atoms with Gasteiger partial charge < -0.3 is 10.2 Å². The lowest BCUT2D eigenvalue weighted by Crippen LogP contribution is -2.30. The van der Waals surface area contributed by atoms with Gasteiger partial charge in [-0.3, -0.25) is 9.59 Å². The summed E-state index contributed by atoms with van der Waals surface area (Å²) in [7, 11) is 0. The quantitative estimate of drug-likeness (QED) is 0.720. The second-order valence-corrected chi connectivity index (χ2v) is 6.37. The minimum atomic E-state index is -0.162. The number of rotatable bonds is 5. The van der Waals surface area contributed by atoms with Crippen LogP contribution in [0.1, 0.15) is 28.8 Å². The van der Waals surface area contributed by atoms with Crippen LogP contribution < -0.4 is 10.2 Å². The predicted octanol–water partition coefficient (Wildman–Crippen LogP) is 2.43. The van der Waals surface area contributed by atoms with Crippen LogP contribution in [0.15, 0.2) is 54.9 Å². The zero-order valence-corrected chi connectivity index (χ0v) is 14.4. The molecule has 2 amide bonds. The number of amides is 2. The van der Waals surface area contributed by atoms with Crippen LogP contribution in [0.25, 0.3) is 5.52 Å². The van der Waals surface area contributed by atoms with E-state index >= 15 is 0 Å². The molecule has 2 aromatic heterocycles. The molecule has 0 radical (unpaired) electrons. The second-order valence-electron chi connectivity index (χ2n) is 6.37. The van der Waals surface area contributed by atoms with Gasteiger partial charge in [0.2, 0.25) is 5.91 Å². The summed E-state index contributed by atoms with van der Waals surface area (Å²) in [5.41, 5.74) is 3.57. The Kier molecular flexibility index (Phi) is 4.39. The van der Waals surface area contributed by atoms with E-state index in [0.29, 0.717) is 24.9 Å². The van der Waals surface area contributed by atoms with Gasteiger partial charge in [0, 0.05) is 31.4 Å². The zero-order valence-electron chi connectivity index (χ0n) is 14.4. The molecule has 0 saturated carbocycles. The van der Waals surface area contributed by atoms with Crippen molar-refractivity contribution in [1.29, 1.82) is 0 Å². The molecule has 132 valence electrons. The van der Waals surface area contributed by atoms with Crippen molar-refractivity contribution in [2.45, 2.75) is 19.3 Å². The number of anilines is 1. The van der Waals surface area contributed by atoms with Crippen LogP contribution in [0.4, 0.5) is 5.69 Å². The minimum Gasteiger partial charge on any atom is -0.352 e. The van der Waals surface area contributed by atoms with Crippen LogP contribution in [0.2, 0.25) is 0 Å². The first-order valence-corrected chi connectivity index (χ1v) is 8.83. The summed E-state index contributed by atoms with van der Waals surface area (Å²) < 4.78 is 1.67. The molecule has 1 aliphatic rings. The Morgan fingerprint density at radius 3 is 2.88 bits per heavy atom. The molecule has 0 saturated heterocycles. The minimum absolute atomic E-state index is 0.111. The smallest absolute Gasteiger partial charge is 0.255 e. The van der Waals surface area contributed by atoms with Crippen LogP contribution in [-0.4, -0.2) is 34.5 Å². The topological polar surface area (TPSA) is 66.7 Å². The van der Waals surface area contributed by atoms with Crippen LogP contribution in [0, 0.1) is 0 Å². The summed E-state index contributed by atoms with van der Waals surface area (Å²) in [5.74, 6) is -0.0506. The van der Waals surface area contributed by atoms with E-state index in [-0.39, 0.29) is 11.8 Å². The molecule has 0 aliphatic carbocycles. The first kappa shape index (κ1) is 16.3. The van der Waals surface area contributed by atoms with E-state index < -0.39 is 0 Å². The third-order valence-corrected chi connectivity index (χ3v) is 4.71. The van der Waals surface area contributed by atoms with Gasteiger partial charge in [0.25, 0.3) is 5.91 Å². The number of nitrogens with zero attached hydrogens (tertiary/aromatic N) is 3. The van der Waals surface area contributed by atoms with Gasteiger partial charge in [-0.15, -0.1) is 0 Å². The number of pyridine rings is 1. The van der Waals surface area contributed by atoms with E-state index in [1.54, 1.807) is 16.9 Å². The number of hydrogen-bond donors (Lipinski definition) is 1. The predicted molar refractivity (Wildman–Crippen MR) is 99.3 cm³/mol. The van der Waals surface area contributed by atoms with Crippen molar-refractivity contribution in [3.63, 3.8) is 0 Å². The van der Waals surface area contributed by atoms with E-state index in [0.717, 1.165) is 24.2 Å². The van der Waals surface area contributed by atoms with E-state index in [9.17, 15) is 9.59 Å². The molecule has 0 spiro atoms. The average Bonchev–Trinajstić information content (AvgIpc) is 3.29. The highest BCUT2D eigenvalue weighted by atomic mass is 16.2. The fraction of sp³-hybridized carbons (Fsp3) is 0.250. The third kappa shape index (κ3) is 3.06. The number of carbonyl (C=O) groups excluding carboxylic acids is 2. The number of benzene rings is 1. The highest BCUT2D eigenvalue weighted by Gasteiger charge is 2.23. The van der Waals surface area contributed by atoms with Crippen molar-refractivity contribution in [3.05, 3.63) is 66.0 Å². The SMILES string of the molecule is O=C(NCCCC(=O)N1CCc2ccccc21)c1cnn2ccccc12. The second kappa shape index (κ2) is 7.00. The maximum absolute atomic E-state index is 12.5. The lowest BCUT2D eigenvalue weighted by atomic mass is 10.2. The molecule has 0 fully saturated rings. The Balaban J connectivity index is 1.29. The number of fused-ring (bicyclic) bond motifs is 2. The number of aromatic nitrogens is 2. The molecule has 0 unspecified atom stereocenters. The number of hydrogen-bond acceptors (Lipinski definition) is 3. The van der Waals surface area contributed by atoms with Gasteiger partial charge >= 0.3 is 0 Å². The molecular weight excluding hydrogens is 328 g/mol. The molecule has 1 aromatic carbocycles. The molecule has 6 nitrogen and oxygen atoms in total. The van der Waals surface area contributed by atoms with Crippen molar-refractivity contribution in [2.75, 3.05) is 18.0 Å². The van der Waals surface area contributed by atoms with Gasteiger partial charge in [-0.05, 0) is 36.6 Å². The number of para-hydroxylation sites is 1. The Labute approximate surface area is 151 Å². The highest BCUT2D eigenvalue weighted by molar-refractivity contribution is 6.00. The zero-order chi connectivity index (χ0) is 17.9. The molecule has 6 heteroatoms. The van der Waals surface area contributed by atoms with Gasteiger partial charge in [0.1, 0.15) is 0 Å². The maximum atomic E-state index is 12.5. The van der Waals surface area contributed by atoms with E-state index in [1.165, 1.54) is 5.56 Å². The molecule has 1 N–H and O–H groups in total. The van der Waals surface area contributed by atoms with Crippen LogP contribution >= 0.6 is 0 Å². The Morgan fingerprint density at radius 2 is 1.96 bits per heavy atom. The summed E-state index contributed by atoms with van der Waals surface area (Å²) in [4.78, 5) is 26.6. The van der Waals surface area contributed by atoms with E-state index in [4.69, 9.17) is 0 Å². The third-order valence-electron chi connectivity index (χ3n) is 4.71. The van der Waals surface area contributed by atoms with Gasteiger partial charge in [-0.25, -0.2) is 4.52 Å². The van der Waals surface area contributed by atoms with Crippen molar-refractivity contribution in [2.24, 2.45) is 0 Å². The molecule has 3 aromatic rings. The lowest BCUT2D eigenvalue weighted by Gasteiger charge is -2.17. The molecule has 26 heavy (non-hydrogen) atoms. The maximum Gasteiger partial charge on any atom is 0.255 e. The summed E-state index contributed by atoms with van der Waals surface area (Å²) >= 11 is 0. The van der Waals surface area contributed by atoms with Crippen LogP contribution in [0.3, 0.4) is 0 Å². The van der Waals surface area contributed by atoms with Gasteiger partial charge in [0.15, 0.2) is 0 Å². The van der Waals surface area contributed by atoms with Gasteiger partial charge in [-0.1, -0.05) is 24.3 Å². The average molecular weight is 348 g/mol. The van der Waals surface area contributed by atoms with Crippen molar-refractivity contribution < 1.29 is 9.59 Å². The molecule has 0 atom stereocenters. The molecule has 3 heterocycles. The Morgan fingerprint density at radius 1 is 1.12 bits per heavy atom. The summed E-state index contributed by atoms with van der Waals surface area (Å²) in [6.45, 7) is 1.21. The summed E-state index contributed by atoms with van der Waals surface area (Å²) in [5, 5.41) is 7.04. The first-order chi connectivity index (χ1) is 12.7. The van der Waals surface area contributed by atoms with Crippen molar-refractivity contribution in [3.8, 4) is 0 Å². The van der Waals surface area contributed by atoms with Crippen LogP contribution in [0.5, 0.6) is 0 Å².